The fraction of sp³-hybridized carbons (Fsp3) is 0.250. The molecule has 0 saturated heterocycles. The molecule has 1 aromatic carbocycles. The van der Waals surface area contributed by atoms with Gasteiger partial charge in [0.15, 0.2) is 0 Å². The number of aliphatic hydroxyl groups excluding tert-OH is 1. The van der Waals surface area contributed by atoms with Crippen molar-refractivity contribution in [3.63, 3.8) is 0 Å². The van der Waals surface area contributed by atoms with Gasteiger partial charge in [0.25, 0.3) is 0 Å². The first kappa shape index (κ1) is 19.6. The summed E-state index contributed by atoms with van der Waals surface area (Å²) in [6, 6.07) is 4.33. The summed E-state index contributed by atoms with van der Waals surface area (Å²) in [5, 5.41) is 16.6. The number of hydrogen-bond donors (Lipinski definition) is 5. The quantitative estimate of drug-likeness (QED) is 0.395. The summed E-state index contributed by atoms with van der Waals surface area (Å²) in [5.41, 5.74) is 1.17. The van der Waals surface area contributed by atoms with Gasteiger partial charge in [-0.1, -0.05) is 15.9 Å². The average Bonchev–Trinajstić information content (AvgIpc) is 3.14. The summed E-state index contributed by atoms with van der Waals surface area (Å²) in [6.07, 6.45) is 3.54. The van der Waals surface area contributed by atoms with Crippen LogP contribution in [0.2, 0.25) is 0 Å². The number of urea groups is 1. The van der Waals surface area contributed by atoms with Crippen LogP contribution in [0.4, 0.5) is 10.5 Å². The van der Waals surface area contributed by atoms with Gasteiger partial charge < -0.3 is 30.8 Å². The van der Waals surface area contributed by atoms with E-state index in [0.29, 0.717) is 17.7 Å². The Balaban J connectivity index is 2.04. The summed E-state index contributed by atoms with van der Waals surface area (Å²) < 4.78 is 0.865. The average molecular weight is 424 g/mol. The lowest BCUT2D eigenvalue weighted by Gasteiger charge is -2.20. The van der Waals surface area contributed by atoms with Crippen molar-refractivity contribution in [1.82, 2.24) is 20.6 Å². The largest absolute Gasteiger partial charge is 0.394 e. The molecule has 1 aromatic heterocycles. The SMILES string of the molecule is O=CC(CO)NC(=O)C(Cc1cnc[nH]1)NC(=O)Nc1ccc(Br)cc1. The molecule has 0 fully saturated rings. The summed E-state index contributed by atoms with van der Waals surface area (Å²) >= 11 is 3.30. The first-order valence-corrected chi connectivity index (χ1v) is 8.48. The van der Waals surface area contributed by atoms with Crippen molar-refractivity contribution in [3.8, 4) is 0 Å². The van der Waals surface area contributed by atoms with E-state index < -0.39 is 30.6 Å². The van der Waals surface area contributed by atoms with Crippen LogP contribution in [-0.2, 0) is 16.0 Å². The Hall–Kier alpha value is -2.72. The van der Waals surface area contributed by atoms with Crippen molar-refractivity contribution >= 4 is 39.8 Å². The molecule has 0 aliphatic carbocycles. The van der Waals surface area contributed by atoms with Crippen LogP contribution >= 0.6 is 15.9 Å². The smallest absolute Gasteiger partial charge is 0.319 e. The van der Waals surface area contributed by atoms with Crippen LogP contribution in [0.25, 0.3) is 0 Å². The van der Waals surface area contributed by atoms with E-state index in [4.69, 9.17) is 5.11 Å². The second-order valence-corrected chi connectivity index (χ2v) is 6.29. The second-order valence-electron chi connectivity index (χ2n) is 5.37. The molecule has 2 unspecified atom stereocenters. The van der Waals surface area contributed by atoms with Crippen LogP contribution in [0.1, 0.15) is 5.69 Å². The number of anilines is 1. The molecule has 0 saturated carbocycles. The van der Waals surface area contributed by atoms with Gasteiger partial charge in [-0.2, -0.15) is 0 Å². The molecule has 2 aromatic rings. The van der Waals surface area contributed by atoms with Crippen molar-refractivity contribution in [1.29, 1.82) is 0 Å². The molecule has 2 rings (SSSR count). The third-order valence-corrected chi connectivity index (χ3v) is 3.92. The number of carbonyl (C=O) groups excluding carboxylic acids is 3. The Morgan fingerprint density at radius 1 is 1.27 bits per heavy atom. The van der Waals surface area contributed by atoms with E-state index in [9.17, 15) is 14.4 Å². The number of carbonyl (C=O) groups is 3. The van der Waals surface area contributed by atoms with Crippen LogP contribution < -0.4 is 16.0 Å². The van der Waals surface area contributed by atoms with Crippen LogP contribution in [0.3, 0.4) is 0 Å². The Kier molecular flexibility index (Phi) is 7.30. The summed E-state index contributed by atoms with van der Waals surface area (Å²) in [4.78, 5) is 42.1. The van der Waals surface area contributed by atoms with Gasteiger partial charge in [-0.15, -0.1) is 0 Å². The second kappa shape index (κ2) is 9.68. The molecule has 0 aliphatic heterocycles. The number of benzene rings is 1. The number of aromatic nitrogens is 2. The fourth-order valence-electron chi connectivity index (χ4n) is 2.09. The molecule has 0 radical (unpaired) electrons. The lowest BCUT2D eigenvalue weighted by atomic mass is 10.1. The number of hydrogen-bond acceptors (Lipinski definition) is 5. The number of aldehydes is 1. The molecule has 10 heteroatoms. The van der Waals surface area contributed by atoms with Gasteiger partial charge in [-0.3, -0.25) is 4.79 Å². The maximum Gasteiger partial charge on any atom is 0.319 e. The van der Waals surface area contributed by atoms with Gasteiger partial charge in [-0.25, -0.2) is 9.78 Å². The third-order valence-electron chi connectivity index (χ3n) is 3.39. The highest BCUT2D eigenvalue weighted by molar-refractivity contribution is 9.10. The van der Waals surface area contributed by atoms with Crippen LogP contribution in [0.15, 0.2) is 41.3 Å². The van der Waals surface area contributed by atoms with Crippen molar-refractivity contribution < 1.29 is 19.5 Å². The van der Waals surface area contributed by atoms with E-state index in [1.54, 1.807) is 24.3 Å². The van der Waals surface area contributed by atoms with Gasteiger partial charge in [-0.05, 0) is 24.3 Å². The van der Waals surface area contributed by atoms with E-state index in [2.05, 4.69) is 41.8 Å². The molecule has 2 atom stereocenters. The predicted molar refractivity (Wildman–Crippen MR) is 97.5 cm³/mol. The molecular formula is C16H18BrN5O4. The molecule has 138 valence electrons. The number of aromatic amines is 1. The van der Waals surface area contributed by atoms with Gasteiger partial charge in [0.05, 0.1) is 12.9 Å². The Morgan fingerprint density at radius 3 is 2.58 bits per heavy atom. The van der Waals surface area contributed by atoms with Gasteiger partial charge in [0, 0.05) is 28.5 Å². The number of amides is 3. The topological polar surface area (TPSA) is 136 Å². The predicted octanol–water partition coefficient (Wildman–Crippen LogP) is 0.581. The van der Waals surface area contributed by atoms with E-state index in [-0.39, 0.29) is 6.42 Å². The zero-order chi connectivity index (χ0) is 18.9. The van der Waals surface area contributed by atoms with Crippen LogP contribution in [-0.4, -0.2) is 52.0 Å². The number of aliphatic hydroxyl groups is 1. The minimum absolute atomic E-state index is 0.136. The van der Waals surface area contributed by atoms with Crippen molar-refractivity contribution in [3.05, 3.63) is 47.0 Å². The summed E-state index contributed by atoms with van der Waals surface area (Å²) in [6.45, 7) is -0.531. The molecule has 0 aliphatic rings. The van der Waals surface area contributed by atoms with Gasteiger partial charge >= 0.3 is 6.03 Å². The third kappa shape index (κ3) is 5.97. The minimum atomic E-state index is -1.04. The summed E-state index contributed by atoms with van der Waals surface area (Å²) in [5.74, 6) is -0.600. The fourth-order valence-corrected chi connectivity index (χ4v) is 2.35. The lowest BCUT2D eigenvalue weighted by Crippen LogP contribution is -2.52. The summed E-state index contributed by atoms with van der Waals surface area (Å²) in [7, 11) is 0. The van der Waals surface area contributed by atoms with E-state index in [0.717, 1.165) is 4.47 Å². The standard InChI is InChI=1S/C16H18BrN5O4/c17-10-1-3-11(4-2-10)21-16(26)22-14(5-12-6-18-9-19-12)15(25)20-13(7-23)8-24/h1-4,6-7,9,13-14,24H,5,8H2,(H,18,19)(H,20,25)(H2,21,22,26). The zero-order valence-electron chi connectivity index (χ0n) is 13.6. The van der Waals surface area contributed by atoms with Gasteiger partial charge in [0.1, 0.15) is 18.4 Å². The van der Waals surface area contributed by atoms with Crippen molar-refractivity contribution in [2.24, 2.45) is 0 Å². The Morgan fingerprint density at radius 2 is 2.00 bits per heavy atom. The highest BCUT2D eigenvalue weighted by Gasteiger charge is 2.24. The number of H-pyrrole nitrogens is 1. The molecule has 9 nitrogen and oxygen atoms in total. The molecule has 3 amide bonds. The van der Waals surface area contributed by atoms with Gasteiger partial charge in [0.2, 0.25) is 5.91 Å². The van der Waals surface area contributed by atoms with Crippen molar-refractivity contribution in [2.75, 3.05) is 11.9 Å². The minimum Gasteiger partial charge on any atom is -0.394 e. The zero-order valence-corrected chi connectivity index (χ0v) is 15.2. The number of nitrogens with one attached hydrogen (secondary N) is 4. The number of halogens is 1. The highest BCUT2D eigenvalue weighted by atomic mass is 79.9. The van der Waals surface area contributed by atoms with E-state index in [1.807, 2.05) is 0 Å². The van der Waals surface area contributed by atoms with Crippen LogP contribution in [0.5, 0.6) is 0 Å². The van der Waals surface area contributed by atoms with Crippen molar-refractivity contribution in [2.45, 2.75) is 18.5 Å². The Bertz CT molecular complexity index is 736. The first-order valence-electron chi connectivity index (χ1n) is 7.68. The molecule has 5 N–H and O–H groups in total. The highest BCUT2D eigenvalue weighted by Crippen LogP contribution is 2.14. The number of rotatable bonds is 8. The molecular weight excluding hydrogens is 406 g/mol. The van der Waals surface area contributed by atoms with E-state index >= 15 is 0 Å². The van der Waals surface area contributed by atoms with E-state index in [1.165, 1.54) is 12.5 Å². The normalized spacial score (nSPS) is 12.7. The van der Waals surface area contributed by atoms with Crippen LogP contribution in [0, 0.1) is 0 Å². The number of imidazole rings is 1. The first-order chi connectivity index (χ1) is 12.5. The monoisotopic (exact) mass is 423 g/mol. The molecule has 0 bridgehead atoms. The maximum atomic E-state index is 12.4. The molecule has 0 spiro atoms. The molecule has 26 heavy (non-hydrogen) atoms. The Labute approximate surface area is 157 Å². The maximum absolute atomic E-state index is 12.4. The molecule has 1 heterocycles. The number of nitrogens with zero attached hydrogens (tertiary/aromatic N) is 1. The lowest BCUT2D eigenvalue weighted by molar-refractivity contribution is -0.126.